The summed E-state index contributed by atoms with van der Waals surface area (Å²) in [5.74, 6) is 0.592. The normalized spacial score (nSPS) is 16.6. The second-order valence-corrected chi connectivity index (χ2v) is 6.83. The van der Waals surface area contributed by atoms with Gasteiger partial charge in [-0.05, 0) is 37.9 Å². The second-order valence-electron chi connectivity index (χ2n) is 6.83. The van der Waals surface area contributed by atoms with Crippen LogP contribution in [-0.2, 0) is 6.54 Å². The van der Waals surface area contributed by atoms with Crippen molar-refractivity contribution < 1.29 is 9.32 Å². The van der Waals surface area contributed by atoms with Crippen LogP contribution in [0.1, 0.15) is 60.8 Å². The Balaban J connectivity index is 1.82. The van der Waals surface area contributed by atoms with E-state index in [0.717, 1.165) is 43.6 Å². The molecular weight excluding hydrogens is 314 g/mol. The molecule has 0 spiro atoms. The van der Waals surface area contributed by atoms with Crippen molar-refractivity contribution in [3.05, 3.63) is 53.4 Å². The van der Waals surface area contributed by atoms with Gasteiger partial charge in [0.05, 0.1) is 5.69 Å². The van der Waals surface area contributed by atoms with Crippen molar-refractivity contribution in [3.8, 4) is 0 Å². The Kier molecular flexibility index (Phi) is 5.87. The van der Waals surface area contributed by atoms with E-state index in [4.69, 9.17) is 4.52 Å². The Hall–Kier alpha value is -2.14. The van der Waals surface area contributed by atoms with Gasteiger partial charge in [-0.15, -0.1) is 0 Å². The van der Waals surface area contributed by atoms with Crippen molar-refractivity contribution in [3.63, 3.8) is 0 Å². The quantitative estimate of drug-likeness (QED) is 0.872. The first-order valence-corrected chi connectivity index (χ1v) is 9.21. The molecule has 2 aromatic rings. The van der Waals surface area contributed by atoms with Crippen LogP contribution in [0.4, 0.5) is 0 Å². The first-order chi connectivity index (χ1) is 12.2. The van der Waals surface area contributed by atoms with Crippen molar-refractivity contribution in [2.45, 2.75) is 51.6 Å². The molecule has 0 saturated carbocycles. The number of carbonyl (C=O) groups excluding carboxylic acids is 1. The Labute approximate surface area is 149 Å². The van der Waals surface area contributed by atoms with E-state index in [2.05, 4.69) is 36.5 Å². The highest BCUT2D eigenvalue weighted by molar-refractivity contribution is 5.91. The molecule has 1 aromatic heterocycles. The van der Waals surface area contributed by atoms with Crippen LogP contribution in [-0.4, -0.2) is 35.1 Å². The molecule has 0 aliphatic carbocycles. The van der Waals surface area contributed by atoms with Crippen LogP contribution in [0.2, 0.25) is 0 Å². The van der Waals surface area contributed by atoms with Crippen LogP contribution in [0, 0.1) is 0 Å². The fourth-order valence-corrected chi connectivity index (χ4v) is 3.24. The number of carbonyl (C=O) groups is 1. The molecule has 0 radical (unpaired) electrons. The van der Waals surface area contributed by atoms with E-state index in [1.54, 1.807) is 0 Å². The molecule has 2 heterocycles. The Morgan fingerprint density at radius 1 is 1.32 bits per heavy atom. The first kappa shape index (κ1) is 17.7. The zero-order valence-electron chi connectivity index (χ0n) is 15.1. The van der Waals surface area contributed by atoms with Crippen LogP contribution in [0.25, 0.3) is 0 Å². The van der Waals surface area contributed by atoms with Crippen LogP contribution < -0.4 is 5.32 Å². The van der Waals surface area contributed by atoms with Crippen molar-refractivity contribution in [2.24, 2.45) is 0 Å². The minimum atomic E-state index is -0.0576. The lowest BCUT2D eigenvalue weighted by Crippen LogP contribution is -2.45. The largest absolute Gasteiger partial charge is 0.351 e. The Morgan fingerprint density at radius 3 is 2.72 bits per heavy atom. The minimum Gasteiger partial charge on any atom is -0.351 e. The lowest BCUT2D eigenvalue weighted by molar-refractivity contribution is 0.0580. The van der Waals surface area contributed by atoms with Gasteiger partial charge in [0.2, 0.25) is 5.76 Å². The van der Waals surface area contributed by atoms with Gasteiger partial charge in [0.15, 0.2) is 0 Å². The highest BCUT2D eigenvalue weighted by Gasteiger charge is 2.29. The molecule has 1 amide bonds. The van der Waals surface area contributed by atoms with E-state index < -0.39 is 0 Å². The summed E-state index contributed by atoms with van der Waals surface area (Å²) in [6.07, 6.45) is 2.90. The van der Waals surface area contributed by atoms with E-state index in [1.807, 2.05) is 29.2 Å². The summed E-state index contributed by atoms with van der Waals surface area (Å²) in [4.78, 5) is 15.1. The predicted molar refractivity (Wildman–Crippen MR) is 97.4 cm³/mol. The molecule has 1 fully saturated rings. The fourth-order valence-electron chi connectivity index (χ4n) is 3.24. The van der Waals surface area contributed by atoms with Crippen LogP contribution >= 0.6 is 0 Å². The summed E-state index contributed by atoms with van der Waals surface area (Å²) in [5, 5.41) is 7.47. The second kappa shape index (κ2) is 8.30. The van der Waals surface area contributed by atoms with Gasteiger partial charge in [-0.1, -0.05) is 49.3 Å². The highest BCUT2D eigenvalue weighted by atomic mass is 16.5. The number of aromatic nitrogens is 1. The SMILES string of the molecule is CCC(C)c1cc(C(=O)N(Cc2ccccc2)C2CCNCC2)on1. The number of rotatable bonds is 6. The molecule has 5 nitrogen and oxygen atoms in total. The zero-order valence-corrected chi connectivity index (χ0v) is 15.1. The third kappa shape index (κ3) is 4.28. The third-order valence-electron chi connectivity index (χ3n) is 5.06. The Bertz CT molecular complexity index is 677. The average molecular weight is 341 g/mol. The molecule has 134 valence electrons. The molecule has 0 bridgehead atoms. The molecule has 1 saturated heterocycles. The molecule has 1 unspecified atom stereocenters. The van der Waals surface area contributed by atoms with Gasteiger partial charge in [0.25, 0.3) is 5.91 Å². The first-order valence-electron chi connectivity index (χ1n) is 9.21. The Morgan fingerprint density at radius 2 is 2.04 bits per heavy atom. The number of hydrogen-bond acceptors (Lipinski definition) is 4. The van der Waals surface area contributed by atoms with E-state index in [1.165, 1.54) is 0 Å². The highest BCUT2D eigenvalue weighted by Crippen LogP contribution is 2.22. The summed E-state index contributed by atoms with van der Waals surface area (Å²) < 4.78 is 5.40. The van der Waals surface area contributed by atoms with Crippen molar-refractivity contribution in [2.75, 3.05) is 13.1 Å². The van der Waals surface area contributed by atoms with Crippen LogP contribution in [0.5, 0.6) is 0 Å². The summed E-state index contributed by atoms with van der Waals surface area (Å²) in [7, 11) is 0. The number of amides is 1. The maximum absolute atomic E-state index is 13.1. The fraction of sp³-hybridized carbons (Fsp3) is 0.500. The lowest BCUT2D eigenvalue weighted by Gasteiger charge is -2.34. The third-order valence-corrected chi connectivity index (χ3v) is 5.06. The molecular formula is C20H27N3O2. The van der Waals surface area contributed by atoms with Gasteiger partial charge in [-0.2, -0.15) is 0 Å². The summed E-state index contributed by atoms with van der Waals surface area (Å²) >= 11 is 0. The number of benzene rings is 1. The van der Waals surface area contributed by atoms with Gasteiger partial charge in [0.1, 0.15) is 0 Å². The number of hydrogen-bond donors (Lipinski definition) is 1. The summed E-state index contributed by atoms with van der Waals surface area (Å²) in [6.45, 7) is 6.69. The van der Waals surface area contributed by atoms with Gasteiger partial charge >= 0.3 is 0 Å². The molecule has 1 aliphatic heterocycles. The summed E-state index contributed by atoms with van der Waals surface area (Å²) in [5.41, 5.74) is 1.99. The van der Waals surface area contributed by atoms with E-state index in [9.17, 15) is 4.79 Å². The monoisotopic (exact) mass is 341 g/mol. The molecule has 25 heavy (non-hydrogen) atoms. The number of piperidine rings is 1. The average Bonchev–Trinajstić information content (AvgIpc) is 3.17. The smallest absolute Gasteiger partial charge is 0.293 e. The predicted octanol–water partition coefficient (Wildman–Crippen LogP) is 3.58. The van der Waals surface area contributed by atoms with Crippen molar-refractivity contribution in [1.82, 2.24) is 15.4 Å². The van der Waals surface area contributed by atoms with Crippen molar-refractivity contribution in [1.29, 1.82) is 0 Å². The number of nitrogens with zero attached hydrogens (tertiary/aromatic N) is 2. The zero-order chi connectivity index (χ0) is 17.6. The lowest BCUT2D eigenvalue weighted by atomic mass is 10.0. The molecule has 1 atom stereocenters. The van der Waals surface area contributed by atoms with E-state index >= 15 is 0 Å². The minimum absolute atomic E-state index is 0.0576. The van der Waals surface area contributed by atoms with Gasteiger partial charge < -0.3 is 14.7 Å². The van der Waals surface area contributed by atoms with Gasteiger partial charge in [-0.25, -0.2) is 0 Å². The van der Waals surface area contributed by atoms with Crippen molar-refractivity contribution >= 4 is 5.91 Å². The summed E-state index contributed by atoms with van der Waals surface area (Å²) in [6, 6.07) is 12.2. The molecule has 3 rings (SSSR count). The number of nitrogens with one attached hydrogen (secondary N) is 1. The maximum atomic E-state index is 13.1. The maximum Gasteiger partial charge on any atom is 0.293 e. The van der Waals surface area contributed by atoms with Gasteiger partial charge in [-0.3, -0.25) is 4.79 Å². The molecule has 5 heteroatoms. The standard InChI is InChI=1S/C20H27N3O2/c1-3-15(2)18-13-19(25-22-18)20(24)23(17-9-11-21-12-10-17)14-16-7-5-4-6-8-16/h4-8,13,15,17,21H,3,9-12,14H2,1-2H3. The molecule has 1 N–H and O–H groups in total. The van der Waals surface area contributed by atoms with Crippen LogP contribution in [0.15, 0.2) is 40.9 Å². The van der Waals surface area contributed by atoms with E-state index in [-0.39, 0.29) is 11.9 Å². The van der Waals surface area contributed by atoms with Gasteiger partial charge in [0, 0.05) is 24.6 Å². The molecule has 1 aromatic carbocycles. The molecule has 1 aliphatic rings. The van der Waals surface area contributed by atoms with Crippen LogP contribution in [0.3, 0.4) is 0 Å². The topological polar surface area (TPSA) is 58.4 Å². The van der Waals surface area contributed by atoms with E-state index in [0.29, 0.717) is 18.2 Å².